The highest BCUT2D eigenvalue weighted by molar-refractivity contribution is 5.69. The summed E-state index contributed by atoms with van der Waals surface area (Å²) in [6.07, 6.45) is 3.25. The molecule has 20 heavy (non-hydrogen) atoms. The molecule has 0 atom stereocenters. The summed E-state index contributed by atoms with van der Waals surface area (Å²) in [6, 6.07) is 13.3. The number of hydrogen-bond acceptors (Lipinski definition) is 2. The molecule has 2 aromatic carbocycles. The molecule has 0 spiro atoms. The van der Waals surface area contributed by atoms with E-state index in [1.165, 1.54) is 11.6 Å². The summed E-state index contributed by atoms with van der Waals surface area (Å²) in [6.45, 7) is 0.578. The summed E-state index contributed by atoms with van der Waals surface area (Å²) < 4.78 is 13.9. The van der Waals surface area contributed by atoms with Gasteiger partial charge in [0.1, 0.15) is 5.82 Å². The summed E-state index contributed by atoms with van der Waals surface area (Å²) >= 11 is 0. The minimum atomic E-state index is -0.341. The van der Waals surface area contributed by atoms with Crippen LogP contribution in [0.1, 0.15) is 24.0 Å². The lowest BCUT2D eigenvalue weighted by Crippen LogP contribution is -2.20. The first-order valence-electron chi connectivity index (χ1n) is 7.05. The molecule has 0 saturated heterocycles. The predicted octanol–water partition coefficient (Wildman–Crippen LogP) is 3.79. The second-order valence-electron chi connectivity index (χ2n) is 5.13. The van der Waals surface area contributed by atoms with Crippen molar-refractivity contribution in [3.05, 3.63) is 59.4 Å². The Labute approximate surface area is 118 Å². The predicted molar refractivity (Wildman–Crippen MR) is 78.7 cm³/mol. The first kappa shape index (κ1) is 13.1. The molecule has 2 aromatic rings. The second-order valence-corrected chi connectivity index (χ2v) is 5.13. The maximum Gasteiger partial charge on any atom is 0.130 e. The van der Waals surface area contributed by atoms with Gasteiger partial charge in [0.25, 0.3) is 0 Å². The molecule has 0 aliphatic carbocycles. The SMILES string of the molecule is OCc1c(F)cccc1N1CCCCc2ccccc21. The number of para-hydroxylation sites is 1. The number of halogens is 1. The first-order chi connectivity index (χ1) is 9.81. The molecule has 2 nitrogen and oxygen atoms in total. The third-order valence-electron chi connectivity index (χ3n) is 3.90. The van der Waals surface area contributed by atoms with Crippen molar-refractivity contribution in [1.29, 1.82) is 0 Å². The minimum absolute atomic E-state index is 0.277. The van der Waals surface area contributed by atoms with Crippen LogP contribution < -0.4 is 4.90 Å². The van der Waals surface area contributed by atoms with Crippen LogP contribution in [0, 0.1) is 5.82 Å². The van der Waals surface area contributed by atoms with E-state index < -0.39 is 0 Å². The van der Waals surface area contributed by atoms with Crippen molar-refractivity contribution in [3.8, 4) is 0 Å². The van der Waals surface area contributed by atoms with Crippen LogP contribution in [0.25, 0.3) is 0 Å². The van der Waals surface area contributed by atoms with E-state index in [2.05, 4.69) is 17.0 Å². The van der Waals surface area contributed by atoms with Crippen LogP contribution in [0.3, 0.4) is 0 Å². The average molecular weight is 271 g/mol. The Morgan fingerprint density at radius 2 is 1.80 bits per heavy atom. The van der Waals surface area contributed by atoms with Crippen LogP contribution in [0.5, 0.6) is 0 Å². The van der Waals surface area contributed by atoms with Crippen molar-refractivity contribution >= 4 is 11.4 Å². The number of hydrogen-bond donors (Lipinski definition) is 1. The van der Waals surface area contributed by atoms with E-state index in [4.69, 9.17) is 0 Å². The minimum Gasteiger partial charge on any atom is -0.391 e. The topological polar surface area (TPSA) is 23.5 Å². The molecule has 0 saturated carbocycles. The van der Waals surface area contributed by atoms with E-state index in [1.54, 1.807) is 6.07 Å². The molecule has 1 aliphatic rings. The van der Waals surface area contributed by atoms with Crippen molar-refractivity contribution in [2.24, 2.45) is 0 Å². The molecule has 0 fully saturated rings. The summed E-state index contributed by atoms with van der Waals surface area (Å²) in [5.74, 6) is -0.341. The number of anilines is 2. The van der Waals surface area contributed by atoms with Gasteiger partial charge in [-0.05, 0) is 43.0 Å². The van der Waals surface area contributed by atoms with Gasteiger partial charge in [-0.25, -0.2) is 4.39 Å². The quantitative estimate of drug-likeness (QED) is 0.898. The van der Waals surface area contributed by atoms with Gasteiger partial charge in [-0.15, -0.1) is 0 Å². The molecule has 3 rings (SSSR count). The molecule has 104 valence electrons. The number of nitrogens with zero attached hydrogens (tertiary/aromatic N) is 1. The molecule has 0 aromatic heterocycles. The average Bonchev–Trinajstić information content (AvgIpc) is 2.69. The maximum atomic E-state index is 13.9. The molecule has 1 heterocycles. The highest BCUT2D eigenvalue weighted by Gasteiger charge is 2.19. The van der Waals surface area contributed by atoms with Gasteiger partial charge in [-0.2, -0.15) is 0 Å². The highest BCUT2D eigenvalue weighted by Crippen LogP contribution is 2.35. The lowest BCUT2D eigenvalue weighted by molar-refractivity contribution is 0.276. The molecule has 1 aliphatic heterocycles. The van der Waals surface area contributed by atoms with E-state index in [0.717, 1.165) is 37.2 Å². The third-order valence-corrected chi connectivity index (χ3v) is 3.90. The monoisotopic (exact) mass is 271 g/mol. The molecule has 3 heteroatoms. The van der Waals surface area contributed by atoms with Crippen LogP contribution in [0.2, 0.25) is 0 Å². The fourth-order valence-electron chi connectivity index (χ4n) is 2.90. The third kappa shape index (κ3) is 2.29. The standard InChI is InChI=1S/C17H18FNO/c18-15-8-5-10-17(14(15)12-20)19-11-4-3-7-13-6-1-2-9-16(13)19/h1-2,5-6,8-10,20H,3-4,7,11-12H2. The fourth-order valence-corrected chi connectivity index (χ4v) is 2.90. The fraction of sp³-hybridized carbons (Fsp3) is 0.294. The number of fused-ring (bicyclic) bond motifs is 1. The molecular formula is C17H18FNO. The molecule has 0 unspecified atom stereocenters. The molecule has 0 bridgehead atoms. The van der Waals surface area contributed by atoms with Gasteiger partial charge in [0.15, 0.2) is 0 Å². The molecule has 0 amide bonds. The number of aryl methyl sites for hydroxylation is 1. The zero-order chi connectivity index (χ0) is 13.9. The maximum absolute atomic E-state index is 13.9. The zero-order valence-corrected chi connectivity index (χ0v) is 11.3. The number of aliphatic hydroxyl groups is 1. The van der Waals surface area contributed by atoms with Crippen LogP contribution in [0.15, 0.2) is 42.5 Å². The lowest BCUT2D eigenvalue weighted by atomic mass is 10.1. The second kappa shape index (κ2) is 5.63. The van der Waals surface area contributed by atoms with E-state index in [1.807, 2.05) is 18.2 Å². The normalized spacial score (nSPS) is 14.8. The highest BCUT2D eigenvalue weighted by atomic mass is 19.1. The van der Waals surface area contributed by atoms with Gasteiger partial charge in [0.2, 0.25) is 0 Å². The van der Waals surface area contributed by atoms with Crippen LogP contribution in [-0.2, 0) is 13.0 Å². The Bertz CT molecular complexity index is 612. The van der Waals surface area contributed by atoms with Crippen molar-refractivity contribution < 1.29 is 9.50 Å². The van der Waals surface area contributed by atoms with Gasteiger partial charge in [0, 0.05) is 23.5 Å². The van der Waals surface area contributed by atoms with E-state index in [0.29, 0.717) is 5.56 Å². The Morgan fingerprint density at radius 3 is 2.65 bits per heavy atom. The van der Waals surface area contributed by atoms with Crippen LogP contribution in [0.4, 0.5) is 15.8 Å². The van der Waals surface area contributed by atoms with E-state index >= 15 is 0 Å². The Balaban J connectivity index is 2.12. The number of benzene rings is 2. The van der Waals surface area contributed by atoms with Crippen molar-refractivity contribution in [2.75, 3.05) is 11.4 Å². The van der Waals surface area contributed by atoms with Gasteiger partial charge >= 0.3 is 0 Å². The van der Waals surface area contributed by atoms with E-state index in [-0.39, 0.29) is 12.4 Å². The summed E-state index contributed by atoms with van der Waals surface area (Å²) in [4.78, 5) is 2.14. The lowest BCUT2D eigenvalue weighted by Gasteiger charge is -2.27. The van der Waals surface area contributed by atoms with Crippen molar-refractivity contribution in [2.45, 2.75) is 25.9 Å². The Hall–Kier alpha value is -1.87. The van der Waals surface area contributed by atoms with Gasteiger partial charge in [0.05, 0.1) is 6.61 Å². The molecular weight excluding hydrogens is 253 g/mol. The smallest absolute Gasteiger partial charge is 0.130 e. The van der Waals surface area contributed by atoms with Crippen LogP contribution >= 0.6 is 0 Å². The van der Waals surface area contributed by atoms with Crippen LogP contribution in [-0.4, -0.2) is 11.7 Å². The van der Waals surface area contributed by atoms with Gasteiger partial charge in [-0.3, -0.25) is 0 Å². The summed E-state index contributed by atoms with van der Waals surface area (Å²) in [7, 11) is 0. The van der Waals surface area contributed by atoms with Gasteiger partial charge in [-0.1, -0.05) is 24.3 Å². The van der Waals surface area contributed by atoms with Crippen molar-refractivity contribution in [3.63, 3.8) is 0 Å². The zero-order valence-electron chi connectivity index (χ0n) is 11.3. The van der Waals surface area contributed by atoms with Gasteiger partial charge < -0.3 is 10.0 Å². The first-order valence-corrected chi connectivity index (χ1v) is 7.05. The number of rotatable bonds is 2. The summed E-state index contributed by atoms with van der Waals surface area (Å²) in [5, 5.41) is 9.48. The van der Waals surface area contributed by atoms with Crippen molar-refractivity contribution in [1.82, 2.24) is 0 Å². The molecule has 1 N–H and O–H groups in total. The van der Waals surface area contributed by atoms with E-state index in [9.17, 15) is 9.50 Å². The Morgan fingerprint density at radius 1 is 1.00 bits per heavy atom. The number of aliphatic hydroxyl groups excluding tert-OH is 1. The molecule has 0 radical (unpaired) electrons. The Kier molecular flexibility index (Phi) is 3.70. The summed E-state index contributed by atoms with van der Waals surface area (Å²) in [5.41, 5.74) is 3.58. The largest absolute Gasteiger partial charge is 0.391 e.